The van der Waals surface area contributed by atoms with Crippen LogP contribution in [0.1, 0.15) is 10.4 Å². The first-order chi connectivity index (χ1) is 8.95. The molecule has 0 aliphatic rings. The van der Waals surface area contributed by atoms with Crippen molar-refractivity contribution in [3.8, 4) is 0 Å². The third kappa shape index (κ3) is 3.36. The monoisotopic (exact) mass is 298 g/mol. The largest absolute Gasteiger partial charge is 0.396 e. The number of benzene rings is 2. The maximum atomic E-state index is 13.0. The number of nitrogens with one attached hydrogen (secondary N) is 1. The van der Waals surface area contributed by atoms with Crippen LogP contribution in [0.25, 0.3) is 0 Å². The van der Waals surface area contributed by atoms with Crippen LogP contribution in [0.5, 0.6) is 0 Å². The van der Waals surface area contributed by atoms with Crippen molar-refractivity contribution in [2.75, 3.05) is 11.1 Å². The Bertz CT molecular complexity index is 626. The average Bonchev–Trinajstić information content (AvgIpc) is 2.32. The molecule has 0 bridgehead atoms. The van der Waals surface area contributed by atoms with Crippen LogP contribution in [0, 0.1) is 5.82 Å². The standard InChI is InChI=1S/C13H9Cl2FN2O/c14-8-3-7(4-9(15)5-8)13(19)18-10-1-2-11(16)12(17)6-10/h1-6H,17H2,(H,18,19). The summed E-state index contributed by atoms with van der Waals surface area (Å²) in [6.45, 7) is 0. The molecule has 0 spiro atoms. The molecule has 0 aromatic heterocycles. The molecule has 2 rings (SSSR count). The fourth-order valence-corrected chi connectivity index (χ4v) is 2.04. The van der Waals surface area contributed by atoms with Crippen molar-refractivity contribution < 1.29 is 9.18 Å². The van der Waals surface area contributed by atoms with Gasteiger partial charge >= 0.3 is 0 Å². The summed E-state index contributed by atoms with van der Waals surface area (Å²) in [7, 11) is 0. The van der Waals surface area contributed by atoms with E-state index in [9.17, 15) is 9.18 Å². The molecule has 0 aliphatic heterocycles. The highest BCUT2D eigenvalue weighted by Crippen LogP contribution is 2.21. The molecule has 0 aliphatic carbocycles. The molecule has 0 fully saturated rings. The smallest absolute Gasteiger partial charge is 0.255 e. The zero-order chi connectivity index (χ0) is 14.0. The van der Waals surface area contributed by atoms with E-state index < -0.39 is 11.7 Å². The molecule has 19 heavy (non-hydrogen) atoms. The summed E-state index contributed by atoms with van der Waals surface area (Å²) >= 11 is 11.6. The molecule has 3 nitrogen and oxygen atoms in total. The molecule has 0 heterocycles. The van der Waals surface area contributed by atoms with E-state index in [2.05, 4.69) is 5.32 Å². The van der Waals surface area contributed by atoms with Crippen molar-refractivity contribution in [3.05, 3.63) is 57.8 Å². The summed E-state index contributed by atoms with van der Waals surface area (Å²) in [5.41, 5.74) is 6.07. The summed E-state index contributed by atoms with van der Waals surface area (Å²) in [5, 5.41) is 3.29. The molecule has 2 aromatic rings. The summed E-state index contributed by atoms with van der Waals surface area (Å²) in [5.74, 6) is -0.945. The van der Waals surface area contributed by atoms with Crippen molar-refractivity contribution in [1.29, 1.82) is 0 Å². The molecule has 0 atom stereocenters. The minimum atomic E-state index is -0.538. The van der Waals surface area contributed by atoms with Gasteiger partial charge < -0.3 is 11.1 Å². The fraction of sp³-hybridized carbons (Fsp3) is 0. The topological polar surface area (TPSA) is 55.1 Å². The molecular formula is C13H9Cl2FN2O. The number of carbonyl (C=O) groups is 1. The van der Waals surface area contributed by atoms with E-state index >= 15 is 0 Å². The Morgan fingerprint density at radius 2 is 1.74 bits per heavy atom. The predicted molar refractivity (Wildman–Crippen MR) is 75.2 cm³/mol. The van der Waals surface area contributed by atoms with E-state index in [0.29, 0.717) is 21.3 Å². The third-order valence-corrected chi connectivity index (χ3v) is 2.82. The summed E-state index contributed by atoms with van der Waals surface area (Å²) < 4.78 is 13.0. The Kier molecular flexibility index (Phi) is 3.93. The molecule has 6 heteroatoms. The second-order valence-corrected chi connectivity index (χ2v) is 4.72. The van der Waals surface area contributed by atoms with Crippen molar-refractivity contribution in [1.82, 2.24) is 0 Å². The quantitative estimate of drug-likeness (QED) is 0.824. The van der Waals surface area contributed by atoms with Crippen LogP contribution in [-0.4, -0.2) is 5.91 Å². The Labute approximate surface area is 119 Å². The Morgan fingerprint density at radius 3 is 2.32 bits per heavy atom. The molecule has 98 valence electrons. The number of hydrogen-bond acceptors (Lipinski definition) is 2. The van der Waals surface area contributed by atoms with Gasteiger partial charge in [0.05, 0.1) is 5.69 Å². The third-order valence-electron chi connectivity index (χ3n) is 2.38. The lowest BCUT2D eigenvalue weighted by atomic mass is 10.2. The zero-order valence-electron chi connectivity index (χ0n) is 9.58. The van der Waals surface area contributed by atoms with Gasteiger partial charge in [0, 0.05) is 21.3 Å². The van der Waals surface area contributed by atoms with Gasteiger partial charge in [-0.05, 0) is 36.4 Å². The number of hydrogen-bond donors (Lipinski definition) is 2. The predicted octanol–water partition coefficient (Wildman–Crippen LogP) is 3.97. The first kappa shape index (κ1) is 13.6. The van der Waals surface area contributed by atoms with Gasteiger partial charge in [0.2, 0.25) is 0 Å². The highest BCUT2D eigenvalue weighted by molar-refractivity contribution is 6.35. The zero-order valence-corrected chi connectivity index (χ0v) is 11.1. The second kappa shape index (κ2) is 5.47. The Balaban J connectivity index is 2.22. The Hall–Kier alpha value is -1.78. The molecule has 3 N–H and O–H groups in total. The lowest BCUT2D eigenvalue weighted by molar-refractivity contribution is 0.102. The summed E-state index contributed by atoms with van der Waals surface area (Å²) in [6, 6.07) is 8.41. The van der Waals surface area contributed by atoms with E-state index in [-0.39, 0.29) is 5.69 Å². The van der Waals surface area contributed by atoms with Crippen LogP contribution in [-0.2, 0) is 0 Å². The van der Waals surface area contributed by atoms with Crippen molar-refractivity contribution in [2.24, 2.45) is 0 Å². The number of rotatable bonds is 2. The van der Waals surface area contributed by atoms with Crippen LogP contribution >= 0.6 is 23.2 Å². The molecule has 0 radical (unpaired) electrons. The minimum Gasteiger partial charge on any atom is -0.396 e. The molecule has 1 amide bonds. The molecule has 0 saturated heterocycles. The second-order valence-electron chi connectivity index (χ2n) is 3.85. The lowest BCUT2D eigenvalue weighted by Gasteiger charge is -2.07. The Morgan fingerprint density at radius 1 is 1.11 bits per heavy atom. The minimum absolute atomic E-state index is 0.0399. The van der Waals surface area contributed by atoms with Crippen LogP contribution < -0.4 is 11.1 Å². The van der Waals surface area contributed by atoms with E-state index in [0.717, 1.165) is 0 Å². The highest BCUT2D eigenvalue weighted by atomic mass is 35.5. The maximum absolute atomic E-state index is 13.0. The van der Waals surface area contributed by atoms with Crippen LogP contribution in [0.15, 0.2) is 36.4 Å². The summed E-state index contributed by atoms with van der Waals surface area (Å²) in [4.78, 5) is 12.0. The maximum Gasteiger partial charge on any atom is 0.255 e. The van der Waals surface area contributed by atoms with E-state index in [1.54, 1.807) is 0 Å². The van der Waals surface area contributed by atoms with Gasteiger partial charge in [-0.25, -0.2) is 4.39 Å². The van der Waals surface area contributed by atoms with Crippen molar-refractivity contribution >= 4 is 40.5 Å². The average molecular weight is 299 g/mol. The molecule has 0 saturated carbocycles. The first-order valence-corrected chi connectivity index (χ1v) is 6.04. The molecule has 2 aromatic carbocycles. The van der Waals surface area contributed by atoms with Gasteiger partial charge in [0.25, 0.3) is 5.91 Å². The van der Waals surface area contributed by atoms with E-state index in [1.165, 1.54) is 36.4 Å². The van der Waals surface area contributed by atoms with Gasteiger partial charge in [-0.1, -0.05) is 23.2 Å². The van der Waals surface area contributed by atoms with E-state index in [1.807, 2.05) is 0 Å². The summed E-state index contributed by atoms with van der Waals surface area (Å²) in [6.07, 6.45) is 0. The first-order valence-electron chi connectivity index (χ1n) is 5.28. The lowest BCUT2D eigenvalue weighted by Crippen LogP contribution is -2.12. The van der Waals surface area contributed by atoms with Gasteiger partial charge in [0.15, 0.2) is 0 Å². The van der Waals surface area contributed by atoms with Crippen molar-refractivity contribution in [3.63, 3.8) is 0 Å². The number of carbonyl (C=O) groups excluding carboxylic acids is 1. The number of halogens is 3. The van der Waals surface area contributed by atoms with Gasteiger partial charge in [0.1, 0.15) is 5.82 Å². The number of anilines is 2. The number of amides is 1. The van der Waals surface area contributed by atoms with Crippen LogP contribution in [0.3, 0.4) is 0 Å². The highest BCUT2D eigenvalue weighted by Gasteiger charge is 2.09. The normalized spacial score (nSPS) is 10.3. The SMILES string of the molecule is Nc1cc(NC(=O)c2cc(Cl)cc(Cl)c2)ccc1F. The molecular weight excluding hydrogens is 290 g/mol. The van der Waals surface area contributed by atoms with E-state index in [4.69, 9.17) is 28.9 Å². The number of nitrogen functional groups attached to an aromatic ring is 1. The van der Waals surface area contributed by atoms with Gasteiger partial charge in [-0.3, -0.25) is 4.79 Å². The van der Waals surface area contributed by atoms with Crippen molar-refractivity contribution in [2.45, 2.75) is 0 Å². The van der Waals surface area contributed by atoms with Crippen LogP contribution in [0.4, 0.5) is 15.8 Å². The fourth-order valence-electron chi connectivity index (χ4n) is 1.51. The van der Waals surface area contributed by atoms with Gasteiger partial charge in [-0.2, -0.15) is 0 Å². The van der Waals surface area contributed by atoms with Crippen LogP contribution in [0.2, 0.25) is 10.0 Å². The number of nitrogens with two attached hydrogens (primary N) is 1. The van der Waals surface area contributed by atoms with Gasteiger partial charge in [-0.15, -0.1) is 0 Å². The molecule has 0 unspecified atom stereocenters.